The molecule has 63 heavy (non-hydrogen) atoms. The van der Waals surface area contributed by atoms with Crippen LogP contribution >= 0.6 is 11.6 Å². The standard InChI is InChI=1S/C49H61ClN8O5/c1-31-32(7-5-9-34(31)53-43(59)41-51-36-25-57(22-11-38(36)55(41)2)24-21-46-13-15-48(27-46,16-14-46)30-63-4)33-8-6-10-35(40(33)50)54-44(60)42-52-37-26-58(23-12-39(37)56(42)3)29-47-17-19-49(28-47,20-18-47)45(61)62/h5-10H,11-30H2,1-4H3,(H,53,59)(H,54,60)(H,61,62). The first kappa shape index (κ1) is 42.4. The molecule has 3 N–H and O–H groups in total. The summed E-state index contributed by atoms with van der Waals surface area (Å²) in [5, 5.41) is 16.5. The van der Waals surface area contributed by atoms with Gasteiger partial charge in [0.15, 0.2) is 11.6 Å². The fourth-order valence-electron chi connectivity index (χ4n) is 13.2. The van der Waals surface area contributed by atoms with Gasteiger partial charge in [0.1, 0.15) is 0 Å². The quantitative estimate of drug-likeness (QED) is 0.122. The predicted molar refractivity (Wildman–Crippen MR) is 242 cm³/mol. The molecular formula is C49H61ClN8O5. The van der Waals surface area contributed by atoms with Crippen molar-refractivity contribution in [3.63, 3.8) is 0 Å². The molecule has 4 fully saturated rings. The van der Waals surface area contributed by atoms with Crippen LogP contribution in [0.1, 0.15) is 120 Å². The maximum atomic E-state index is 13.9. The number of rotatable bonds is 13. The number of carbonyl (C=O) groups is 3. The van der Waals surface area contributed by atoms with Crippen molar-refractivity contribution in [2.45, 2.75) is 103 Å². The third kappa shape index (κ3) is 7.40. The van der Waals surface area contributed by atoms with Crippen molar-refractivity contribution in [3.8, 4) is 11.1 Å². The van der Waals surface area contributed by atoms with Crippen molar-refractivity contribution in [2.75, 3.05) is 50.5 Å². The van der Waals surface area contributed by atoms with Crippen LogP contribution in [0.3, 0.4) is 0 Å². The SMILES string of the molecule is COCC12CCC(CCN3CCc4c(nc(C(=O)Nc5cccc(-c6cccc(NC(=O)c7nc8c(n7C)CCN(CC79CCC(C(=O)O)(CC7)C9)C8)c6Cl)c5C)n4C)C3)(CC1)C2. The lowest BCUT2D eigenvalue weighted by atomic mass is 9.80. The molecular weight excluding hydrogens is 816 g/mol. The maximum absolute atomic E-state index is 13.9. The van der Waals surface area contributed by atoms with E-state index in [1.807, 2.05) is 67.6 Å². The van der Waals surface area contributed by atoms with Crippen LogP contribution in [-0.2, 0) is 49.6 Å². The summed E-state index contributed by atoms with van der Waals surface area (Å²) < 4.78 is 9.46. The van der Waals surface area contributed by atoms with Crippen molar-refractivity contribution in [3.05, 3.63) is 81.4 Å². The zero-order chi connectivity index (χ0) is 43.9. The van der Waals surface area contributed by atoms with Crippen LogP contribution in [-0.4, -0.2) is 91.7 Å². The second kappa shape index (κ2) is 15.9. The number of fused-ring (bicyclic) bond motifs is 6. The molecule has 4 saturated carbocycles. The molecule has 0 unspecified atom stereocenters. The zero-order valence-corrected chi connectivity index (χ0v) is 38.0. The Balaban J connectivity index is 0.789. The van der Waals surface area contributed by atoms with Crippen molar-refractivity contribution in [1.82, 2.24) is 28.9 Å². The number of hydrogen-bond donors (Lipinski definition) is 3. The number of nitrogens with one attached hydrogen (secondary N) is 2. The van der Waals surface area contributed by atoms with Gasteiger partial charge in [0.25, 0.3) is 11.8 Å². The van der Waals surface area contributed by atoms with E-state index in [0.29, 0.717) is 45.4 Å². The van der Waals surface area contributed by atoms with Crippen molar-refractivity contribution in [1.29, 1.82) is 0 Å². The minimum atomic E-state index is -0.639. The van der Waals surface area contributed by atoms with E-state index in [4.69, 9.17) is 26.3 Å². The van der Waals surface area contributed by atoms with E-state index < -0.39 is 11.4 Å². The fraction of sp³-hybridized carbons (Fsp3) is 0.571. The van der Waals surface area contributed by atoms with Gasteiger partial charge in [0.2, 0.25) is 0 Å². The van der Waals surface area contributed by atoms with Gasteiger partial charge < -0.3 is 29.6 Å². The minimum Gasteiger partial charge on any atom is -0.481 e. The summed E-state index contributed by atoms with van der Waals surface area (Å²) in [6.07, 6.45) is 13.6. The topological polar surface area (TPSA) is 147 Å². The first-order chi connectivity index (χ1) is 30.2. The van der Waals surface area contributed by atoms with Gasteiger partial charge in [-0.1, -0.05) is 35.9 Å². The van der Waals surface area contributed by atoms with Gasteiger partial charge >= 0.3 is 5.97 Å². The van der Waals surface area contributed by atoms with E-state index in [1.54, 1.807) is 6.07 Å². The number of halogens is 1. The summed E-state index contributed by atoms with van der Waals surface area (Å²) in [6.45, 7) is 8.00. The van der Waals surface area contributed by atoms with Gasteiger partial charge in [-0.15, -0.1) is 0 Å². The summed E-state index contributed by atoms with van der Waals surface area (Å²) in [5.41, 5.74) is 7.98. The van der Waals surface area contributed by atoms with E-state index in [1.165, 1.54) is 38.5 Å². The lowest BCUT2D eigenvalue weighted by Gasteiger charge is -2.35. The Morgan fingerprint density at radius 1 is 0.746 bits per heavy atom. The number of hydrogen-bond acceptors (Lipinski definition) is 8. The highest BCUT2D eigenvalue weighted by atomic mass is 35.5. The van der Waals surface area contributed by atoms with Crippen LogP contribution in [0.25, 0.3) is 11.1 Å². The van der Waals surface area contributed by atoms with Gasteiger partial charge in [0.05, 0.1) is 34.1 Å². The predicted octanol–water partition coefficient (Wildman–Crippen LogP) is 8.03. The van der Waals surface area contributed by atoms with Crippen molar-refractivity contribution < 1.29 is 24.2 Å². The number of aliphatic carboxylic acids is 1. The summed E-state index contributed by atoms with van der Waals surface area (Å²) >= 11 is 7.09. The molecule has 0 radical (unpaired) electrons. The third-order valence-corrected chi connectivity index (χ3v) is 17.1. The zero-order valence-electron chi connectivity index (χ0n) is 37.2. The molecule has 0 atom stereocenters. The number of aromatic nitrogens is 4. The molecule has 4 bridgehead atoms. The Kier molecular flexibility index (Phi) is 10.7. The van der Waals surface area contributed by atoms with Crippen LogP contribution in [0, 0.1) is 28.6 Å². The van der Waals surface area contributed by atoms with Gasteiger partial charge in [-0.2, -0.15) is 0 Å². The molecule has 14 heteroatoms. The number of amides is 2. The number of nitrogens with zero attached hydrogens (tertiary/aromatic N) is 6. The van der Waals surface area contributed by atoms with Gasteiger partial charge in [0, 0.05) is 89.4 Å². The second-order valence-corrected chi connectivity index (χ2v) is 20.8. The van der Waals surface area contributed by atoms with Gasteiger partial charge in [-0.25, -0.2) is 9.97 Å². The van der Waals surface area contributed by atoms with E-state index in [9.17, 15) is 19.5 Å². The Morgan fingerprint density at radius 2 is 1.30 bits per heavy atom. The molecule has 2 aliphatic heterocycles. The molecule has 2 aromatic carbocycles. The summed E-state index contributed by atoms with van der Waals surface area (Å²) in [7, 11) is 5.67. The van der Waals surface area contributed by atoms with E-state index in [2.05, 4.69) is 20.4 Å². The van der Waals surface area contributed by atoms with E-state index >= 15 is 0 Å². The molecule has 0 saturated heterocycles. The Morgan fingerprint density at radius 3 is 1.92 bits per heavy atom. The summed E-state index contributed by atoms with van der Waals surface area (Å²) in [5.74, 6) is -0.510. The molecule has 0 spiro atoms. The van der Waals surface area contributed by atoms with Crippen molar-refractivity contribution >= 4 is 40.8 Å². The number of anilines is 2. The Bertz CT molecular complexity index is 2490. The Labute approximate surface area is 374 Å². The molecule has 10 rings (SSSR count). The smallest absolute Gasteiger partial charge is 0.309 e. The lowest BCUT2D eigenvalue weighted by molar-refractivity contribution is -0.148. The first-order valence-corrected chi connectivity index (χ1v) is 23.4. The average molecular weight is 878 g/mol. The molecule has 4 aromatic rings. The number of ether oxygens (including phenoxy) is 1. The second-order valence-electron chi connectivity index (χ2n) is 20.4. The molecule has 334 valence electrons. The number of carboxylic acids is 1. The number of imidazole rings is 2. The van der Waals surface area contributed by atoms with Crippen LogP contribution in [0.4, 0.5) is 11.4 Å². The van der Waals surface area contributed by atoms with E-state index in [0.717, 1.165) is 124 Å². The summed E-state index contributed by atoms with van der Waals surface area (Å²) in [4.78, 5) is 54.5. The Hall–Kier alpha value is -4.56. The van der Waals surface area contributed by atoms with Crippen molar-refractivity contribution in [2.24, 2.45) is 35.8 Å². The maximum Gasteiger partial charge on any atom is 0.309 e. The van der Waals surface area contributed by atoms with E-state index in [-0.39, 0.29) is 17.2 Å². The minimum absolute atomic E-state index is 0.0565. The number of carbonyl (C=O) groups excluding carboxylic acids is 2. The highest BCUT2D eigenvalue weighted by Gasteiger charge is 2.58. The monoisotopic (exact) mass is 876 g/mol. The average Bonchev–Trinajstić information content (AvgIpc) is 4.13. The number of benzene rings is 2. The first-order valence-electron chi connectivity index (χ1n) is 23.0. The molecule has 2 amide bonds. The lowest BCUT2D eigenvalue weighted by Crippen LogP contribution is -2.39. The largest absolute Gasteiger partial charge is 0.481 e. The van der Waals surface area contributed by atoms with Crippen LogP contribution in [0.2, 0.25) is 5.02 Å². The highest BCUT2D eigenvalue weighted by molar-refractivity contribution is 6.36. The van der Waals surface area contributed by atoms with Crippen LogP contribution in [0.15, 0.2) is 36.4 Å². The molecule has 4 aliphatic carbocycles. The van der Waals surface area contributed by atoms with Gasteiger partial charge in [-0.05, 0) is 124 Å². The molecule has 13 nitrogen and oxygen atoms in total. The molecule has 2 aromatic heterocycles. The number of methoxy groups -OCH3 is 1. The molecule has 4 heterocycles. The summed E-state index contributed by atoms with van der Waals surface area (Å²) in [6, 6.07) is 11.3. The number of carboxylic acid groups (broad SMARTS) is 1. The van der Waals surface area contributed by atoms with Crippen LogP contribution < -0.4 is 10.6 Å². The fourth-order valence-corrected chi connectivity index (χ4v) is 13.4. The van der Waals surface area contributed by atoms with Crippen LogP contribution in [0.5, 0.6) is 0 Å². The molecule has 6 aliphatic rings. The normalized spacial score (nSPS) is 27.4. The van der Waals surface area contributed by atoms with Gasteiger partial charge in [-0.3, -0.25) is 24.2 Å². The third-order valence-electron chi connectivity index (χ3n) is 16.7. The highest BCUT2D eigenvalue weighted by Crippen LogP contribution is 2.63.